The number of aryl methyl sites for hydroxylation is 4. The van der Waals surface area contributed by atoms with E-state index in [-0.39, 0.29) is 0 Å². The van der Waals surface area contributed by atoms with Crippen molar-refractivity contribution in [2.45, 2.75) is 34.2 Å². The molecule has 0 heterocycles. The molecule has 2 heteroatoms. The van der Waals surface area contributed by atoms with Crippen LogP contribution in [0.25, 0.3) is 0 Å². The van der Waals surface area contributed by atoms with Gasteiger partial charge in [-0.25, -0.2) is 0 Å². The predicted molar refractivity (Wildman–Crippen MR) is 113 cm³/mol. The molecule has 0 atom stereocenters. The molecule has 0 aromatic heterocycles. The van der Waals surface area contributed by atoms with Gasteiger partial charge in [0, 0.05) is 18.4 Å². The fourth-order valence-corrected chi connectivity index (χ4v) is 3.22. The predicted octanol–water partition coefficient (Wildman–Crippen LogP) is 6.28. The minimum Gasteiger partial charge on any atom is -0.381 e. The molecule has 3 rings (SSSR count). The van der Waals surface area contributed by atoms with Gasteiger partial charge in [0.25, 0.3) is 0 Å². The first kappa shape index (κ1) is 17.9. The van der Waals surface area contributed by atoms with E-state index in [1.54, 1.807) is 0 Å². The van der Waals surface area contributed by atoms with Crippen molar-refractivity contribution >= 4 is 17.6 Å². The van der Waals surface area contributed by atoms with Crippen molar-refractivity contribution in [2.24, 2.45) is 4.99 Å². The normalized spacial score (nSPS) is 11.1. The van der Waals surface area contributed by atoms with Gasteiger partial charge >= 0.3 is 0 Å². The Morgan fingerprint density at radius 2 is 1.35 bits per heavy atom. The van der Waals surface area contributed by atoms with Crippen molar-refractivity contribution in [2.75, 3.05) is 5.32 Å². The Morgan fingerprint density at radius 1 is 0.769 bits per heavy atom. The van der Waals surface area contributed by atoms with Crippen LogP contribution in [0.4, 0.5) is 11.4 Å². The standard InChI is InChI=1S/C24H26N2/c1-17-8-5-9-18(2)23(17)25-15-21-12-7-13-22(14-21)16-26-24-19(3)10-6-11-20(24)4/h5-15,26H,16H2,1-4H3. The zero-order valence-corrected chi connectivity index (χ0v) is 16.0. The van der Waals surface area contributed by atoms with Gasteiger partial charge in [-0.3, -0.25) is 4.99 Å². The number of para-hydroxylation sites is 2. The van der Waals surface area contributed by atoms with Gasteiger partial charge in [0.2, 0.25) is 0 Å². The molecule has 0 saturated heterocycles. The Balaban J connectivity index is 1.75. The molecule has 0 bridgehead atoms. The molecule has 0 aliphatic carbocycles. The molecule has 0 fully saturated rings. The first-order valence-corrected chi connectivity index (χ1v) is 9.04. The number of aliphatic imine (C=N–C) groups is 1. The van der Waals surface area contributed by atoms with Gasteiger partial charge in [-0.05, 0) is 67.1 Å². The lowest BCUT2D eigenvalue weighted by Gasteiger charge is -2.13. The summed E-state index contributed by atoms with van der Waals surface area (Å²) in [6.07, 6.45) is 1.96. The summed E-state index contributed by atoms with van der Waals surface area (Å²) in [5.74, 6) is 0. The van der Waals surface area contributed by atoms with Crippen molar-refractivity contribution in [3.63, 3.8) is 0 Å². The smallest absolute Gasteiger partial charge is 0.0688 e. The van der Waals surface area contributed by atoms with E-state index in [1.807, 2.05) is 6.21 Å². The summed E-state index contributed by atoms with van der Waals surface area (Å²) in [7, 11) is 0. The molecule has 0 aliphatic heterocycles. The molecule has 0 aliphatic rings. The van der Waals surface area contributed by atoms with Crippen LogP contribution in [0.2, 0.25) is 0 Å². The largest absolute Gasteiger partial charge is 0.381 e. The van der Waals surface area contributed by atoms with E-state index in [0.29, 0.717) is 0 Å². The fourth-order valence-electron chi connectivity index (χ4n) is 3.22. The Bertz CT molecular complexity index is 898. The van der Waals surface area contributed by atoms with Gasteiger partial charge in [-0.15, -0.1) is 0 Å². The summed E-state index contributed by atoms with van der Waals surface area (Å²) in [4.78, 5) is 4.72. The highest BCUT2D eigenvalue weighted by molar-refractivity contribution is 5.83. The lowest BCUT2D eigenvalue weighted by atomic mass is 10.1. The van der Waals surface area contributed by atoms with Crippen LogP contribution < -0.4 is 5.32 Å². The van der Waals surface area contributed by atoms with Gasteiger partial charge in [-0.2, -0.15) is 0 Å². The molecule has 26 heavy (non-hydrogen) atoms. The van der Waals surface area contributed by atoms with E-state index in [0.717, 1.165) is 17.8 Å². The Morgan fingerprint density at radius 3 is 2.00 bits per heavy atom. The van der Waals surface area contributed by atoms with E-state index < -0.39 is 0 Å². The summed E-state index contributed by atoms with van der Waals surface area (Å²) in [6.45, 7) is 9.29. The molecule has 0 saturated carbocycles. The van der Waals surface area contributed by atoms with Crippen LogP contribution >= 0.6 is 0 Å². The third-order valence-electron chi connectivity index (χ3n) is 4.68. The molecule has 3 aromatic carbocycles. The van der Waals surface area contributed by atoms with Crippen LogP contribution in [0.15, 0.2) is 65.7 Å². The highest BCUT2D eigenvalue weighted by Crippen LogP contribution is 2.23. The summed E-state index contributed by atoms with van der Waals surface area (Å²) in [5, 5.41) is 3.57. The number of hydrogen-bond donors (Lipinski definition) is 1. The van der Waals surface area contributed by atoms with Crippen molar-refractivity contribution in [1.82, 2.24) is 0 Å². The summed E-state index contributed by atoms with van der Waals surface area (Å²) in [5.41, 5.74) is 9.61. The first-order valence-electron chi connectivity index (χ1n) is 9.04. The van der Waals surface area contributed by atoms with Gasteiger partial charge in [-0.1, -0.05) is 54.6 Å². The highest BCUT2D eigenvalue weighted by Gasteiger charge is 2.02. The average Bonchev–Trinajstić information content (AvgIpc) is 2.61. The van der Waals surface area contributed by atoms with Crippen molar-refractivity contribution in [1.29, 1.82) is 0 Å². The Labute approximate surface area is 156 Å². The van der Waals surface area contributed by atoms with Crippen LogP contribution in [0.5, 0.6) is 0 Å². The first-order chi connectivity index (χ1) is 12.5. The molecule has 0 radical (unpaired) electrons. The van der Waals surface area contributed by atoms with Gasteiger partial charge in [0.05, 0.1) is 5.69 Å². The minimum absolute atomic E-state index is 0.802. The van der Waals surface area contributed by atoms with Crippen LogP contribution in [-0.2, 0) is 6.54 Å². The second-order valence-corrected chi connectivity index (χ2v) is 6.86. The van der Waals surface area contributed by atoms with Crippen LogP contribution in [-0.4, -0.2) is 6.21 Å². The number of nitrogens with one attached hydrogen (secondary N) is 1. The maximum Gasteiger partial charge on any atom is 0.0688 e. The van der Waals surface area contributed by atoms with Crippen molar-refractivity contribution in [3.8, 4) is 0 Å². The summed E-state index contributed by atoms with van der Waals surface area (Å²) >= 11 is 0. The molecule has 0 unspecified atom stereocenters. The average molecular weight is 342 g/mol. The number of nitrogens with zero attached hydrogens (tertiary/aromatic N) is 1. The Kier molecular flexibility index (Phi) is 5.52. The molecular weight excluding hydrogens is 316 g/mol. The third kappa shape index (κ3) is 4.20. The van der Waals surface area contributed by atoms with E-state index in [1.165, 1.54) is 33.5 Å². The number of benzene rings is 3. The lowest BCUT2D eigenvalue weighted by molar-refractivity contribution is 1.13. The molecule has 0 amide bonds. The van der Waals surface area contributed by atoms with E-state index >= 15 is 0 Å². The second kappa shape index (κ2) is 8.01. The summed E-state index contributed by atoms with van der Waals surface area (Å²) < 4.78 is 0. The highest BCUT2D eigenvalue weighted by atomic mass is 14.9. The minimum atomic E-state index is 0.802. The molecular formula is C24H26N2. The SMILES string of the molecule is Cc1cccc(C)c1N=Cc1cccc(CNc2c(C)cccc2C)c1. The van der Waals surface area contributed by atoms with Gasteiger partial charge < -0.3 is 5.32 Å². The fraction of sp³-hybridized carbons (Fsp3) is 0.208. The molecule has 3 aromatic rings. The quantitative estimate of drug-likeness (QED) is 0.542. The van der Waals surface area contributed by atoms with Gasteiger partial charge in [0.15, 0.2) is 0 Å². The van der Waals surface area contributed by atoms with Crippen LogP contribution in [0.1, 0.15) is 33.4 Å². The molecule has 1 N–H and O–H groups in total. The van der Waals surface area contributed by atoms with Crippen LogP contribution in [0.3, 0.4) is 0 Å². The zero-order chi connectivity index (χ0) is 18.5. The van der Waals surface area contributed by atoms with Crippen molar-refractivity contribution in [3.05, 3.63) is 94.0 Å². The molecule has 0 spiro atoms. The van der Waals surface area contributed by atoms with Gasteiger partial charge in [0.1, 0.15) is 0 Å². The van der Waals surface area contributed by atoms with E-state index in [2.05, 4.69) is 93.7 Å². The topological polar surface area (TPSA) is 24.4 Å². The molecule has 2 nitrogen and oxygen atoms in total. The van der Waals surface area contributed by atoms with E-state index in [4.69, 9.17) is 4.99 Å². The zero-order valence-electron chi connectivity index (χ0n) is 16.0. The summed E-state index contributed by atoms with van der Waals surface area (Å²) in [6, 6.07) is 21.2. The maximum absolute atomic E-state index is 4.72. The lowest BCUT2D eigenvalue weighted by Crippen LogP contribution is -2.03. The molecule has 132 valence electrons. The van der Waals surface area contributed by atoms with Crippen molar-refractivity contribution < 1.29 is 0 Å². The second-order valence-electron chi connectivity index (χ2n) is 6.86. The maximum atomic E-state index is 4.72. The monoisotopic (exact) mass is 342 g/mol. The van der Waals surface area contributed by atoms with Crippen LogP contribution in [0, 0.1) is 27.7 Å². The number of rotatable bonds is 5. The number of hydrogen-bond acceptors (Lipinski definition) is 2. The third-order valence-corrected chi connectivity index (χ3v) is 4.68. The number of anilines is 1. The Hall–Kier alpha value is -2.87. The van der Waals surface area contributed by atoms with E-state index in [9.17, 15) is 0 Å².